The predicted octanol–water partition coefficient (Wildman–Crippen LogP) is 2.56. The fraction of sp³-hybridized carbons (Fsp3) is 0.417. The lowest BCUT2D eigenvalue weighted by Crippen LogP contribution is -2.22. The van der Waals surface area contributed by atoms with Crippen LogP contribution in [-0.2, 0) is 4.79 Å². The van der Waals surface area contributed by atoms with E-state index in [0.717, 1.165) is 0 Å². The topological polar surface area (TPSA) is 60.2 Å². The summed E-state index contributed by atoms with van der Waals surface area (Å²) in [6.45, 7) is 1.25. The molecule has 0 saturated carbocycles. The van der Waals surface area contributed by atoms with E-state index in [-0.39, 0.29) is 17.8 Å². The summed E-state index contributed by atoms with van der Waals surface area (Å²) in [6, 6.07) is 5.70. The van der Waals surface area contributed by atoms with Gasteiger partial charge in [0.05, 0.1) is 0 Å². The highest BCUT2D eigenvalue weighted by atomic mass is 19.1. The molecule has 0 saturated heterocycles. The first-order chi connectivity index (χ1) is 8.06. The number of hydrogen-bond donors (Lipinski definition) is 0. The summed E-state index contributed by atoms with van der Waals surface area (Å²) in [6.07, 6.45) is 0.828. The Hall–Kier alpha value is -1.78. The number of benzene rings is 1. The zero-order chi connectivity index (χ0) is 12.8. The van der Waals surface area contributed by atoms with Gasteiger partial charge < -0.3 is 0 Å². The van der Waals surface area contributed by atoms with Gasteiger partial charge in [-0.2, -0.15) is 0 Å². The number of ketones is 1. The maximum absolute atomic E-state index is 13.5. The molecular formula is C12H14FNO3. The Kier molecular flexibility index (Phi) is 4.75. The van der Waals surface area contributed by atoms with Crippen molar-refractivity contribution in [1.29, 1.82) is 0 Å². The second-order valence-corrected chi connectivity index (χ2v) is 3.81. The van der Waals surface area contributed by atoms with Gasteiger partial charge in [0.15, 0.2) is 0 Å². The van der Waals surface area contributed by atoms with Crippen molar-refractivity contribution >= 4 is 5.78 Å². The number of nitro groups is 1. The van der Waals surface area contributed by atoms with Gasteiger partial charge in [-0.3, -0.25) is 14.9 Å². The van der Waals surface area contributed by atoms with Crippen molar-refractivity contribution in [2.75, 3.05) is 6.54 Å². The molecule has 1 aromatic carbocycles. The monoisotopic (exact) mass is 239 g/mol. The third kappa shape index (κ3) is 3.62. The minimum absolute atomic E-state index is 0.114. The minimum Gasteiger partial charge on any atom is -0.299 e. The molecule has 92 valence electrons. The molecular weight excluding hydrogens is 225 g/mol. The van der Waals surface area contributed by atoms with Crippen molar-refractivity contribution in [2.24, 2.45) is 0 Å². The summed E-state index contributed by atoms with van der Waals surface area (Å²) in [5.74, 6) is -1.83. The molecule has 0 bridgehead atoms. The summed E-state index contributed by atoms with van der Waals surface area (Å²) in [5.41, 5.74) is 0.114. The minimum atomic E-state index is -0.980. The third-order valence-electron chi connectivity index (χ3n) is 2.50. The van der Waals surface area contributed by atoms with E-state index in [2.05, 4.69) is 0 Å². The Balaban J connectivity index is 3.01. The molecule has 0 aliphatic rings. The molecule has 0 radical (unpaired) electrons. The lowest BCUT2D eigenvalue weighted by atomic mass is 9.92. The number of rotatable bonds is 6. The summed E-state index contributed by atoms with van der Waals surface area (Å²) in [4.78, 5) is 21.7. The molecule has 4 nitrogen and oxygen atoms in total. The van der Waals surface area contributed by atoms with E-state index < -0.39 is 23.2 Å². The highest BCUT2D eigenvalue weighted by molar-refractivity contribution is 5.85. The first-order valence-electron chi connectivity index (χ1n) is 5.45. The quantitative estimate of drug-likeness (QED) is 0.566. The summed E-state index contributed by atoms with van der Waals surface area (Å²) in [5, 5.41) is 10.5. The molecule has 1 unspecified atom stereocenters. The van der Waals surface area contributed by atoms with Gasteiger partial charge in [-0.1, -0.05) is 25.1 Å². The molecule has 1 rings (SSSR count). The maximum atomic E-state index is 13.5. The highest BCUT2D eigenvalue weighted by Crippen LogP contribution is 2.22. The normalized spacial score (nSPS) is 12.1. The van der Waals surface area contributed by atoms with Crippen molar-refractivity contribution in [3.8, 4) is 0 Å². The Morgan fingerprint density at radius 3 is 2.65 bits per heavy atom. The Morgan fingerprint density at radius 1 is 1.47 bits per heavy atom. The van der Waals surface area contributed by atoms with Crippen LogP contribution in [0.4, 0.5) is 4.39 Å². The van der Waals surface area contributed by atoms with Crippen LogP contribution in [0.1, 0.15) is 31.2 Å². The average Bonchev–Trinajstić information content (AvgIpc) is 2.27. The Bertz CT molecular complexity index is 420. The maximum Gasteiger partial charge on any atom is 0.217 e. The van der Waals surface area contributed by atoms with Crippen LogP contribution in [0, 0.1) is 15.9 Å². The van der Waals surface area contributed by atoms with Crippen LogP contribution in [-0.4, -0.2) is 17.3 Å². The number of carbonyl (C=O) groups excluding carboxylic acids is 1. The molecule has 5 heteroatoms. The average molecular weight is 239 g/mol. The van der Waals surface area contributed by atoms with E-state index in [1.54, 1.807) is 6.07 Å². The van der Waals surface area contributed by atoms with Crippen LogP contribution in [0.2, 0.25) is 0 Å². The molecule has 17 heavy (non-hydrogen) atoms. The van der Waals surface area contributed by atoms with E-state index in [9.17, 15) is 19.3 Å². The first kappa shape index (κ1) is 13.3. The van der Waals surface area contributed by atoms with Gasteiger partial charge in [0, 0.05) is 16.9 Å². The smallest absolute Gasteiger partial charge is 0.217 e. The van der Waals surface area contributed by atoms with E-state index in [4.69, 9.17) is 0 Å². The second-order valence-electron chi connectivity index (χ2n) is 3.81. The lowest BCUT2D eigenvalue weighted by Gasteiger charge is -2.12. The predicted molar refractivity (Wildman–Crippen MR) is 60.9 cm³/mol. The molecule has 1 aromatic rings. The van der Waals surface area contributed by atoms with Gasteiger partial charge in [0.2, 0.25) is 6.54 Å². The van der Waals surface area contributed by atoms with Gasteiger partial charge in [0.1, 0.15) is 17.5 Å². The summed E-state index contributed by atoms with van der Waals surface area (Å²) in [7, 11) is 0. The van der Waals surface area contributed by atoms with Crippen molar-refractivity contribution in [1.82, 2.24) is 0 Å². The number of nitrogens with zero attached hydrogens (tertiary/aromatic N) is 1. The highest BCUT2D eigenvalue weighted by Gasteiger charge is 2.27. The van der Waals surface area contributed by atoms with E-state index >= 15 is 0 Å². The molecule has 0 fully saturated rings. The molecule has 0 amide bonds. The standard InChI is InChI=1S/C12H14FNO3/c1-2-5-12(15)10(8-14(16)17)9-6-3-4-7-11(9)13/h3-4,6-7,10H,2,5,8H2,1H3. The fourth-order valence-corrected chi connectivity index (χ4v) is 1.70. The van der Waals surface area contributed by atoms with Gasteiger partial charge in [-0.25, -0.2) is 4.39 Å². The lowest BCUT2D eigenvalue weighted by molar-refractivity contribution is -0.481. The molecule has 1 atom stereocenters. The van der Waals surface area contributed by atoms with Crippen LogP contribution in [0.25, 0.3) is 0 Å². The van der Waals surface area contributed by atoms with E-state index in [0.29, 0.717) is 6.42 Å². The van der Waals surface area contributed by atoms with Gasteiger partial charge in [-0.15, -0.1) is 0 Å². The second kappa shape index (κ2) is 6.08. The summed E-state index contributed by atoms with van der Waals surface area (Å²) < 4.78 is 13.5. The largest absolute Gasteiger partial charge is 0.299 e. The van der Waals surface area contributed by atoms with Crippen LogP contribution in [0.5, 0.6) is 0 Å². The van der Waals surface area contributed by atoms with E-state index in [1.165, 1.54) is 18.2 Å². The molecule has 0 spiro atoms. The number of Topliss-reactive ketones (excluding diaryl/α,β-unsaturated/α-hetero) is 1. The van der Waals surface area contributed by atoms with Crippen molar-refractivity contribution in [3.05, 3.63) is 45.8 Å². The van der Waals surface area contributed by atoms with Crippen molar-refractivity contribution in [3.63, 3.8) is 0 Å². The van der Waals surface area contributed by atoms with Crippen LogP contribution in [0.3, 0.4) is 0 Å². The van der Waals surface area contributed by atoms with Crippen LogP contribution >= 0.6 is 0 Å². The Morgan fingerprint density at radius 2 is 2.12 bits per heavy atom. The zero-order valence-electron chi connectivity index (χ0n) is 9.56. The first-order valence-corrected chi connectivity index (χ1v) is 5.45. The van der Waals surface area contributed by atoms with Gasteiger partial charge >= 0.3 is 0 Å². The third-order valence-corrected chi connectivity index (χ3v) is 2.50. The van der Waals surface area contributed by atoms with Gasteiger partial charge in [-0.05, 0) is 12.5 Å². The van der Waals surface area contributed by atoms with Crippen LogP contribution < -0.4 is 0 Å². The molecule has 0 heterocycles. The van der Waals surface area contributed by atoms with Crippen LogP contribution in [0.15, 0.2) is 24.3 Å². The van der Waals surface area contributed by atoms with E-state index in [1.807, 2.05) is 6.92 Å². The number of hydrogen-bond acceptors (Lipinski definition) is 3. The summed E-state index contributed by atoms with van der Waals surface area (Å²) >= 11 is 0. The Labute approximate surface area is 98.6 Å². The number of halogens is 1. The fourth-order valence-electron chi connectivity index (χ4n) is 1.70. The van der Waals surface area contributed by atoms with Crippen molar-refractivity contribution in [2.45, 2.75) is 25.7 Å². The number of carbonyl (C=O) groups is 1. The molecule has 0 aromatic heterocycles. The molecule has 0 aliphatic heterocycles. The molecule has 0 aliphatic carbocycles. The SMILES string of the molecule is CCCC(=O)C(C[N+](=O)[O-])c1ccccc1F. The van der Waals surface area contributed by atoms with Crippen molar-refractivity contribution < 1.29 is 14.1 Å². The molecule has 0 N–H and O–H groups in total. The van der Waals surface area contributed by atoms with Gasteiger partial charge in [0.25, 0.3) is 0 Å². The zero-order valence-corrected chi connectivity index (χ0v) is 9.56.